The molecule has 0 amide bonds. The van der Waals surface area contributed by atoms with Crippen molar-refractivity contribution in [1.29, 1.82) is 0 Å². The number of anilines is 1. The topological polar surface area (TPSA) is 97.2 Å². The van der Waals surface area contributed by atoms with E-state index in [2.05, 4.69) is 20.3 Å². The van der Waals surface area contributed by atoms with Crippen molar-refractivity contribution in [2.45, 2.75) is 18.4 Å². The number of halogens is 1. The van der Waals surface area contributed by atoms with Gasteiger partial charge in [0.1, 0.15) is 29.1 Å². The molecule has 1 fully saturated rings. The summed E-state index contributed by atoms with van der Waals surface area (Å²) in [7, 11) is 0. The van der Waals surface area contributed by atoms with Gasteiger partial charge in [0.25, 0.3) is 0 Å². The number of carboxylic acids is 1. The van der Waals surface area contributed by atoms with E-state index in [1.54, 1.807) is 24.4 Å². The van der Waals surface area contributed by atoms with Crippen molar-refractivity contribution in [2.24, 2.45) is 0 Å². The molecule has 7 nitrogen and oxygen atoms in total. The maximum Gasteiger partial charge on any atom is 0.335 e. The zero-order valence-corrected chi connectivity index (χ0v) is 16.2. The predicted molar refractivity (Wildman–Crippen MR) is 112 cm³/mol. The first-order valence-electron chi connectivity index (χ1n) is 9.69. The Morgan fingerprint density at radius 3 is 2.42 bits per heavy atom. The van der Waals surface area contributed by atoms with Crippen molar-refractivity contribution in [3.63, 3.8) is 0 Å². The SMILES string of the molecule is O=C(O)c1ccc(C2(Nc3nccc4ncnc(Oc5ccc(F)cc5)c34)CC2)cc1. The number of carboxylic acid groups (broad SMARTS) is 1. The van der Waals surface area contributed by atoms with Gasteiger partial charge < -0.3 is 15.2 Å². The number of fused-ring (bicyclic) bond motifs is 1. The lowest BCUT2D eigenvalue weighted by atomic mass is 10.0. The first-order chi connectivity index (χ1) is 15.0. The number of aromatic nitrogens is 3. The molecule has 4 aromatic rings. The van der Waals surface area contributed by atoms with Gasteiger partial charge in [0.2, 0.25) is 5.88 Å². The molecule has 2 N–H and O–H groups in total. The van der Waals surface area contributed by atoms with Crippen LogP contribution in [0.2, 0.25) is 0 Å². The molecule has 1 aliphatic rings. The van der Waals surface area contributed by atoms with E-state index in [1.807, 2.05) is 12.1 Å². The Morgan fingerprint density at radius 1 is 1.00 bits per heavy atom. The van der Waals surface area contributed by atoms with E-state index < -0.39 is 5.97 Å². The normalized spacial score (nSPS) is 14.2. The van der Waals surface area contributed by atoms with E-state index in [-0.39, 0.29) is 16.9 Å². The third-order valence-electron chi connectivity index (χ3n) is 5.33. The van der Waals surface area contributed by atoms with Crippen LogP contribution < -0.4 is 10.1 Å². The second kappa shape index (κ2) is 7.32. The summed E-state index contributed by atoms with van der Waals surface area (Å²) in [5.41, 5.74) is 1.53. The molecule has 2 aromatic heterocycles. The molecule has 0 radical (unpaired) electrons. The van der Waals surface area contributed by atoms with Crippen LogP contribution >= 0.6 is 0 Å². The van der Waals surface area contributed by atoms with Crippen LogP contribution in [-0.2, 0) is 5.54 Å². The zero-order chi connectivity index (χ0) is 21.4. The minimum absolute atomic E-state index is 0.242. The number of ether oxygens (including phenoxy) is 1. The summed E-state index contributed by atoms with van der Waals surface area (Å²) in [5.74, 6) is 0.00849. The van der Waals surface area contributed by atoms with Gasteiger partial charge in [-0.3, -0.25) is 0 Å². The summed E-state index contributed by atoms with van der Waals surface area (Å²) in [6, 6.07) is 14.3. The average Bonchev–Trinajstić information content (AvgIpc) is 3.56. The fourth-order valence-corrected chi connectivity index (χ4v) is 3.53. The van der Waals surface area contributed by atoms with Gasteiger partial charge in [-0.05, 0) is 60.9 Å². The largest absolute Gasteiger partial charge is 0.478 e. The Labute approximate surface area is 176 Å². The highest BCUT2D eigenvalue weighted by Crippen LogP contribution is 2.49. The first kappa shape index (κ1) is 18.9. The molecule has 1 saturated carbocycles. The van der Waals surface area contributed by atoms with Crippen LogP contribution in [0.4, 0.5) is 10.2 Å². The average molecular weight is 416 g/mol. The molecule has 0 unspecified atom stereocenters. The molecule has 0 saturated heterocycles. The smallest absolute Gasteiger partial charge is 0.335 e. The summed E-state index contributed by atoms with van der Waals surface area (Å²) in [6.45, 7) is 0. The van der Waals surface area contributed by atoms with Crippen LogP contribution in [0, 0.1) is 5.82 Å². The molecule has 2 aromatic carbocycles. The lowest BCUT2D eigenvalue weighted by molar-refractivity contribution is 0.0697. The minimum atomic E-state index is -0.959. The number of nitrogens with one attached hydrogen (secondary N) is 1. The van der Waals surface area contributed by atoms with Crippen LogP contribution in [0.3, 0.4) is 0 Å². The fourth-order valence-electron chi connectivity index (χ4n) is 3.53. The Bertz CT molecular complexity index is 1270. The van der Waals surface area contributed by atoms with Crippen molar-refractivity contribution in [2.75, 3.05) is 5.32 Å². The molecule has 31 heavy (non-hydrogen) atoms. The summed E-state index contributed by atoms with van der Waals surface area (Å²) in [4.78, 5) is 24.2. The molecule has 0 atom stereocenters. The van der Waals surface area contributed by atoms with Crippen molar-refractivity contribution >= 4 is 22.7 Å². The highest BCUT2D eigenvalue weighted by molar-refractivity contribution is 5.93. The van der Waals surface area contributed by atoms with Crippen LogP contribution in [0.1, 0.15) is 28.8 Å². The van der Waals surface area contributed by atoms with Gasteiger partial charge >= 0.3 is 5.97 Å². The molecule has 0 spiro atoms. The Hall–Kier alpha value is -4.07. The second-order valence-corrected chi connectivity index (χ2v) is 7.38. The van der Waals surface area contributed by atoms with Gasteiger partial charge in [-0.1, -0.05) is 12.1 Å². The predicted octanol–water partition coefficient (Wildman–Crippen LogP) is 4.76. The Balaban J connectivity index is 1.51. The Morgan fingerprint density at radius 2 is 1.74 bits per heavy atom. The highest BCUT2D eigenvalue weighted by Gasteiger charge is 2.45. The number of aromatic carboxylic acids is 1. The molecular weight excluding hydrogens is 399 g/mol. The van der Waals surface area contributed by atoms with Crippen molar-refractivity contribution in [3.05, 3.63) is 84.1 Å². The highest BCUT2D eigenvalue weighted by atomic mass is 19.1. The van der Waals surface area contributed by atoms with E-state index in [9.17, 15) is 9.18 Å². The van der Waals surface area contributed by atoms with Gasteiger partial charge in [-0.15, -0.1) is 0 Å². The fraction of sp³-hybridized carbons (Fsp3) is 0.130. The number of rotatable bonds is 6. The molecule has 2 heterocycles. The standard InChI is InChI=1S/C23H17FN4O3/c24-16-5-7-17(8-6-16)31-21-19-18(26-13-27-21)9-12-25-20(19)28-23(10-11-23)15-3-1-14(2-4-15)22(29)30/h1-9,12-13H,10-11H2,(H,25,28)(H,29,30). The monoisotopic (exact) mass is 416 g/mol. The van der Waals surface area contributed by atoms with Gasteiger partial charge in [0.05, 0.1) is 16.6 Å². The van der Waals surface area contributed by atoms with Gasteiger partial charge in [0, 0.05) is 6.20 Å². The minimum Gasteiger partial charge on any atom is -0.478 e. The zero-order valence-electron chi connectivity index (χ0n) is 16.2. The van der Waals surface area contributed by atoms with Crippen molar-refractivity contribution in [3.8, 4) is 11.6 Å². The van der Waals surface area contributed by atoms with E-state index in [1.165, 1.54) is 30.6 Å². The molecule has 154 valence electrons. The summed E-state index contributed by atoms with van der Waals surface area (Å²) in [5, 5.41) is 13.2. The maximum atomic E-state index is 13.2. The van der Waals surface area contributed by atoms with E-state index in [0.29, 0.717) is 28.4 Å². The quantitative estimate of drug-likeness (QED) is 0.468. The van der Waals surface area contributed by atoms with Crippen molar-refractivity contribution < 1.29 is 19.0 Å². The number of benzene rings is 2. The summed E-state index contributed by atoms with van der Waals surface area (Å²) < 4.78 is 19.1. The number of hydrogen-bond acceptors (Lipinski definition) is 6. The number of nitrogens with zero attached hydrogens (tertiary/aromatic N) is 3. The van der Waals surface area contributed by atoms with Gasteiger partial charge in [-0.2, -0.15) is 0 Å². The van der Waals surface area contributed by atoms with Crippen LogP contribution in [-0.4, -0.2) is 26.0 Å². The van der Waals surface area contributed by atoms with Crippen LogP contribution in [0.5, 0.6) is 11.6 Å². The van der Waals surface area contributed by atoms with E-state index in [0.717, 1.165) is 18.4 Å². The lowest BCUT2D eigenvalue weighted by Gasteiger charge is -2.20. The number of hydrogen-bond donors (Lipinski definition) is 2. The third kappa shape index (κ3) is 3.63. The van der Waals surface area contributed by atoms with E-state index >= 15 is 0 Å². The molecule has 1 aliphatic carbocycles. The first-order valence-corrected chi connectivity index (χ1v) is 9.69. The van der Waals surface area contributed by atoms with Crippen LogP contribution in [0.15, 0.2) is 67.1 Å². The maximum absolute atomic E-state index is 13.2. The molecule has 8 heteroatoms. The lowest BCUT2D eigenvalue weighted by Crippen LogP contribution is -2.20. The third-order valence-corrected chi connectivity index (χ3v) is 5.33. The van der Waals surface area contributed by atoms with Gasteiger partial charge in [0.15, 0.2) is 0 Å². The van der Waals surface area contributed by atoms with Crippen LogP contribution in [0.25, 0.3) is 10.9 Å². The molecular formula is C23H17FN4O3. The Kier molecular flexibility index (Phi) is 4.47. The second-order valence-electron chi connectivity index (χ2n) is 7.38. The molecule has 0 bridgehead atoms. The summed E-state index contributed by atoms with van der Waals surface area (Å²) in [6.07, 6.45) is 4.81. The van der Waals surface area contributed by atoms with E-state index in [4.69, 9.17) is 9.84 Å². The summed E-state index contributed by atoms with van der Waals surface area (Å²) >= 11 is 0. The number of pyridine rings is 1. The van der Waals surface area contributed by atoms with Gasteiger partial charge in [-0.25, -0.2) is 24.1 Å². The number of carbonyl (C=O) groups is 1. The van der Waals surface area contributed by atoms with Crippen molar-refractivity contribution in [1.82, 2.24) is 15.0 Å². The molecule has 0 aliphatic heterocycles. The molecule has 5 rings (SSSR count).